The van der Waals surface area contributed by atoms with Crippen LogP contribution in [-0.4, -0.2) is 70.4 Å². The number of aromatic nitrogens is 8. The van der Waals surface area contributed by atoms with Crippen LogP contribution in [0.4, 0.5) is 4.39 Å². The number of hydrogen-bond donors (Lipinski definition) is 0. The Morgan fingerprint density at radius 3 is 1.08 bits per heavy atom. The van der Waals surface area contributed by atoms with E-state index < -0.39 is 0 Å². The molecule has 0 radical (unpaired) electrons. The molecule has 0 unspecified atom stereocenters. The second-order valence-corrected chi connectivity index (χ2v) is 28.8. The van der Waals surface area contributed by atoms with Crippen molar-refractivity contribution in [3.63, 3.8) is 0 Å². The van der Waals surface area contributed by atoms with Gasteiger partial charge in [0.2, 0.25) is 0 Å². The standard InChI is InChI=1S/C18H29N3.C18H26N2.C17H24N2.C16H23FN2/c1-13(2)14-8-9-16-15(12-14)19-17(18(3,4)5)21(16)11-10-20(6)7;1-12(2)14-8-9-16-15(10-14)19-17(18(3,4)5)20(16)11-13-6-7-13;1-11(2)12-6-9-15-14(10-12)18-16(17(3,4)5)19(15)13-7-8-13;1-11(2)12-6-7-14-13(10-12)18-15(16(3,4)5)19(14)9-8-17/h8-9,12-13H,10-11H2,1-7H3;8-10,12-13H,6-7,11H2,1-5H3;6,9-11,13H,7-8H2,1-5H3;6-7,10-11H,8-9H2,1-5H3. The van der Waals surface area contributed by atoms with E-state index in [9.17, 15) is 4.39 Å². The summed E-state index contributed by atoms with van der Waals surface area (Å²) in [5.41, 5.74) is 15.0. The molecule has 9 nitrogen and oxygen atoms in total. The summed E-state index contributed by atoms with van der Waals surface area (Å²) in [5, 5.41) is 0. The minimum Gasteiger partial charge on any atom is -0.327 e. The van der Waals surface area contributed by atoms with Crippen LogP contribution in [0.3, 0.4) is 0 Å². The number of nitrogens with zero attached hydrogens (tertiary/aromatic N) is 9. The van der Waals surface area contributed by atoms with Crippen molar-refractivity contribution in [2.24, 2.45) is 5.92 Å². The molecule has 2 saturated carbocycles. The number of likely N-dealkylation sites (N-methyl/N-ethyl adjacent to an activating group) is 1. The zero-order valence-electron chi connectivity index (χ0n) is 53.2. The summed E-state index contributed by atoms with van der Waals surface area (Å²) in [6.45, 7) is 47.6. The molecule has 0 bridgehead atoms. The number of imidazole rings is 4. The molecule has 0 amide bonds. The Balaban J connectivity index is 0.000000153. The van der Waals surface area contributed by atoms with Crippen LogP contribution in [0.15, 0.2) is 72.8 Å². The second-order valence-electron chi connectivity index (χ2n) is 28.8. The van der Waals surface area contributed by atoms with Crippen molar-refractivity contribution >= 4 is 44.1 Å². The maximum absolute atomic E-state index is 12.8. The lowest BCUT2D eigenvalue weighted by molar-refractivity contribution is 0.375. The van der Waals surface area contributed by atoms with Gasteiger partial charge >= 0.3 is 0 Å². The summed E-state index contributed by atoms with van der Waals surface area (Å²) < 4.78 is 22.2. The van der Waals surface area contributed by atoms with Gasteiger partial charge in [0, 0.05) is 47.3 Å². The number of fused-ring (bicyclic) bond motifs is 4. The minimum atomic E-state index is -0.361. The number of aryl methyl sites for hydroxylation is 1. The van der Waals surface area contributed by atoms with Crippen molar-refractivity contribution in [3.8, 4) is 0 Å². The zero-order valence-corrected chi connectivity index (χ0v) is 53.2. The molecule has 4 aromatic heterocycles. The fourth-order valence-corrected chi connectivity index (χ4v) is 10.5. The van der Waals surface area contributed by atoms with Crippen molar-refractivity contribution in [3.05, 3.63) is 118 Å². The van der Waals surface area contributed by atoms with E-state index >= 15 is 0 Å². The topological polar surface area (TPSA) is 74.5 Å². The molecule has 2 aliphatic rings. The van der Waals surface area contributed by atoms with E-state index in [4.69, 9.17) is 19.9 Å². The van der Waals surface area contributed by atoms with Gasteiger partial charge < -0.3 is 23.2 Å². The molecule has 0 spiro atoms. The Morgan fingerprint density at radius 2 is 0.759 bits per heavy atom. The molecule has 79 heavy (non-hydrogen) atoms. The van der Waals surface area contributed by atoms with E-state index in [0.29, 0.717) is 36.3 Å². The Hall–Kier alpha value is -5.35. The Morgan fingerprint density at radius 1 is 0.443 bits per heavy atom. The lowest BCUT2D eigenvalue weighted by atomic mass is 9.95. The minimum absolute atomic E-state index is 0.0589. The molecule has 0 N–H and O–H groups in total. The van der Waals surface area contributed by atoms with Crippen molar-refractivity contribution in [1.29, 1.82) is 0 Å². The maximum Gasteiger partial charge on any atom is 0.115 e. The molecule has 4 heterocycles. The van der Waals surface area contributed by atoms with Gasteiger partial charge in [-0.2, -0.15) is 0 Å². The highest BCUT2D eigenvalue weighted by Gasteiger charge is 2.33. The monoisotopic (exact) mass is 1080 g/mol. The predicted octanol–water partition coefficient (Wildman–Crippen LogP) is 18.1. The van der Waals surface area contributed by atoms with Crippen LogP contribution in [-0.2, 0) is 41.3 Å². The summed E-state index contributed by atoms with van der Waals surface area (Å²) >= 11 is 0. The SMILES string of the molecule is CC(C)c1ccc2c(c1)nc(C(C)(C)C)n2C1CC1.CC(C)c1ccc2c(c1)nc(C(C)(C)C)n2CC1CC1.CC(C)c1ccc2c(c1)nc(C(C)(C)C)n2CCF.CC(C)c1ccc2c(c1)nc(C(C)(C)C)n2CCN(C)C. The molecule has 2 aliphatic carbocycles. The molecular weight excluding hydrogens is 974 g/mol. The van der Waals surface area contributed by atoms with Crippen molar-refractivity contribution in [2.75, 3.05) is 27.3 Å². The molecular formula is C69H102FN9. The molecule has 430 valence electrons. The summed E-state index contributed by atoms with van der Waals surface area (Å²) in [7, 11) is 4.24. The molecule has 2 fully saturated rings. The summed E-state index contributed by atoms with van der Waals surface area (Å²) in [4.78, 5) is 21.8. The van der Waals surface area contributed by atoms with Gasteiger partial charge in [-0.15, -0.1) is 0 Å². The first kappa shape index (κ1) is 61.3. The Labute approximate surface area is 476 Å². The number of rotatable bonds is 12. The predicted molar refractivity (Wildman–Crippen MR) is 336 cm³/mol. The molecule has 0 saturated heterocycles. The van der Waals surface area contributed by atoms with Gasteiger partial charge in [-0.1, -0.05) is 163 Å². The molecule has 10 rings (SSSR count). The first-order chi connectivity index (χ1) is 36.8. The van der Waals surface area contributed by atoms with Gasteiger partial charge in [0.25, 0.3) is 0 Å². The average Bonchev–Trinajstić information content (AvgIpc) is 4.44. The van der Waals surface area contributed by atoms with Gasteiger partial charge in [0.15, 0.2) is 0 Å². The summed E-state index contributed by atoms with van der Waals surface area (Å²) in [5.74, 6) is 7.64. The van der Waals surface area contributed by atoms with Gasteiger partial charge in [-0.25, -0.2) is 24.3 Å². The highest BCUT2D eigenvalue weighted by molar-refractivity contribution is 5.80. The molecule has 0 aliphatic heterocycles. The van der Waals surface area contributed by atoms with Crippen molar-refractivity contribution in [2.45, 2.75) is 235 Å². The lowest BCUT2D eigenvalue weighted by Gasteiger charge is -2.21. The molecule has 0 atom stereocenters. The highest BCUT2D eigenvalue weighted by atomic mass is 19.1. The smallest absolute Gasteiger partial charge is 0.115 e. The van der Waals surface area contributed by atoms with Gasteiger partial charge in [-0.05, 0) is 140 Å². The van der Waals surface area contributed by atoms with Crippen LogP contribution in [0.1, 0.15) is 239 Å². The van der Waals surface area contributed by atoms with Crippen molar-refractivity contribution in [1.82, 2.24) is 43.1 Å². The molecule has 10 heteroatoms. The normalized spacial score (nSPS) is 14.5. The van der Waals surface area contributed by atoms with E-state index in [1.807, 2.05) is 4.57 Å². The number of alkyl halides is 1. The first-order valence-corrected chi connectivity index (χ1v) is 30.0. The van der Waals surface area contributed by atoms with Gasteiger partial charge in [0.1, 0.15) is 30.0 Å². The third kappa shape index (κ3) is 14.8. The van der Waals surface area contributed by atoms with Crippen molar-refractivity contribution < 1.29 is 4.39 Å². The number of hydrogen-bond acceptors (Lipinski definition) is 5. The lowest BCUT2D eigenvalue weighted by Crippen LogP contribution is -2.24. The first-order valence-electron chi connectivity index (χ1n) is 30.0. The largest absolute Gasteiger partial charge is 0.327 e. The van der Waals surface area contributed by atoms with Gasteiger partial charge in [-0.3, -0.25) is 0 Å². The highest BCUT2D eigenvalue weighted by Crippen LogP contribution is 2.42. The third-order valence-electron chi connectivity index (χ3n) is 15.5. The van der Waals surface area contributed by atoms with E-state index in [1.54, 1.807) is 0 Å². The van der Waals surface area contributed by atoms with E-state index in [0.717, 1.165) is 47.9 Å². The maximum atomic E-state index is 12.8. The van der Waals surface area contributed by atoms with Crippen LogP contribution in [0, 0.1) is 5.92 Å². The fourth-order valence-electron chi connectivity index (χ4n) is 10.5. The van der Waals surface area contributed by atoms with E-state index in [2.05, 4.69) is 244 Å². The number of halogens is 1. The van der Waals surface area contributed by atoms with E-state index in [-0.39, 0.29) is 28.3 Å². The summed E-state index contributed by atoms with van der Waals surface area (Å²) in [6, 6.07) is 27.4. The second kappa shape index (κ2) is 24.0. The van der Waals surface area contributed by atoms with Crippen LogP contribution in [0.2, 0.25) is 0 Å². The van der Waals surface area contributed by atoms with Crippen LogP contribution >= 0.6 is 0 Å². The van der Waals surface area contributed by atoms with Crippen LogP contribution in [0.25, 0.3) is 44.1 Å². The van der Waals surface area contributed by atoms with Crippen LogP contribution in [0.5, 0.6) is 0 Å². The van der Waals surface area contributed by atoms with Crippen LogP contribution < -0.4 is 0 Å². The Kier molecular flexibility index (Phi) is 18.6. The molecule has 4 aromatic carbocycles. The average molecular weight is 1080 g/mol. The quantitative estimate of drug-likeness (QED) is 0.122. The molecule has 8 aromatic rings. The Bertz CT molecular complexity index is 3320. The fraction of sp³-hybridized carbons (Fsp3) is 0.594. The third-order valence-corrected chi connectivity index (χ3v) is 15.5. The zero-order chi connectivity index (χ0) is 58.3. The number of benzene rings is 4. The van der Waals surface area contributed by atoms with Gasteiger partial charge in [0.05, 0.1) is 50.7 Å². The van der Waals surface area contributed by atoms with E-state index in [1.165, 1.54) is 93.0 Å². The summed E-state index contributed by atoms with van der Waals surface area (Å²) in [6.07, 6.45) is 5.38.